The van der Waals surface area contributed by atoms with E-state index in [2.05, 4.69) is 4.72 Å². The standard InChI is InChI=1S/C18H21ClN2O4S/c1-4-21(3)18(22)13-6-11-16(19)17(12-13)26(23,24)20-14-7-9-15(10-8-14)25-5-2/h6-12,20H,4-5H2,1-3H3. The molecule has 0 fully saturated rings. The predicted octanol–water partition coefficient (Wildman–Crippen LogP) is 3.63. The van der Waals surface area contributed by atoms with Crippen LogP contribution in [0.1, 0.15) is 24.2 Å². The molecule has 0 unspecified atom stereocenters. The van der Waals surface area contributed by atoms with Crippen molar-refractivity contribution in [2.75, 3.05) is 24.9 Å². The molecular formula is C18H21ClN2O4S. The Labute approximate surface area is 158 Å². The molecule has 1 N–H and O–H groups in total. The molecule has 0 bridgehead atoms. The number of ether oxygens (including phenoxy) is 1. The first-order valence-electron chi connectivity index (χ1n) is 8.09. The zero-order valence-corrected chi connectivity index (χ0v) is 16.4. The van der Waals surface area contributed by atoms with Crippen molar-refractivity contribution in [3.05, 3.63) is 53.1 Å². The van der Waals surface area contributed by atoms with Crippen LogP contribution in [0, 0.1) is 0 Å². The maximum atomic E-state index is 12.7. The molecular weight excluding hydrogens is 376 g/mol. The number of nitrogens with zero attached hydrogens (tertiary/aromatic N) is 1. The molecule has 2 rings (SSSR count). The molecule has 8 heteroatoms. The molecule has 0 saturated heterocycles. The van der Waals surface area contributed by atoms with Gasteiger partial charge in [-0.25, -0.2) is 8.42 Å². The van der Waals surface area contributed by atoms with Gasteiger partial charge in [-0.2, -0.15) is 0 Å². The van der Waals surface area contributed by atoms with Crippen molar-refractivity contribution in [2.45, 2.75) is 18.7 Å². The van der Waals surface area contributed by atoms with Crippen molar-refractivity contribution in [3.8, 4) is 5.75 Å². The number of sulfonamides is 1. The Hall–Kier alpha value is -2.25. The Balaban J connectivity index is 2.31. The average Bonchev–Trinajstić information content (AvgIpc) is 2.62. The fraction of sp³-hybridized carbons (Fsp3) is 0.278. The molecule has 6 nitrogen and oxygen atoms in total. The summed E-state index contributed by atoms with van der Waals surface area (Å²) in [6.45, 7) is 4.73. The largest absolute Gasteiger partial charge is 0.494 e. The summed E-state index contributed by atoms with van der Waals surface area (Å²) < 4.78 is 33.2. The van der Waals surface area contributed by atoms with Crippen molar-refractivity contribution in [2.24, 2.45) is 0 Å². The predicted molar refractivity (Wildman–Crippen MR) is 103 cm³/mol. The van der Waals surface area contributed by atoms with Gasteiger partial charge in [0, 0.05) is 24.8 Å². The highest BCUT2D eigenvalue weighted by molar-refractivity contribution is 7.92. The molecule has 2 aromatic carbocycles. The van der Waals surface area contributed by atoms with Crippen LogP contribution in [0.4, 0.5) is 5.69 Å². The van der Waals surface area contributed by atoms with Crippen molar-refractivity contribution in [1.29, 1.82) is 0 Å². The number of nitrogens with one attached hydrogen (secondary N) is 1. The van der Waals surface area contributed by atoms with Crippen LogP contribution in [-0.4, -0.2) is 39.4 Å². The second kappa shape index (κ2) is 8.42. The molecule has 0 radical (unpaired) electrons. The molecule has 0 heterocycles. The second-order valence-electron chi connectivity index (χ2n) is 5.53. The SMILES string of the molecule is CCOc1ccc(NS(=O)(=O)c2cc(C(=O)N(C)CC)ccc2Cl)cc1. The minimum Gasteiger partial charge on any atom is -0.494 e. The highest BCUT2D eigenvalue weighted by atomic mass is 35.5. The first-order chi connectivity index (χ1) is 12.3. The molecule has 0 aromatic heterocycles. The number of carbonyl (C=O) groups is 1. The number of hydrogen-bond donors (Lipinski definition) is 1. The van der Waals surface area contributed by atoms with E-state index in [1.807, 2.05) is 13.8 Å². The zero-order chi connectivity index (χ0) is 19.3. The van der Waals surface area contributed by atoms with Gasteiger partial charge in [0.15, 0.2) is 0 Å². The fourth-order valence-electron chi connectivity index (χ4n) is 2.20. The lowest BCUT2D eigenvalue weighted by Crippen LogP contribution is -2.26. The van der Waals surface area contributed by atoms with E-state index in [4.69, 9.17) is 16.3 Å². The lowest BCUT2D eigenvalue weighted by atomic mass is 10.2. The monoisotopic (exact) mass is 396 g/mol. The Kier molecular flexibility index (Phi) is 6.50. The summed E-state index contributed by atoms with van der Waals surface area (Å²) in [7, 11) is -2.31. The minimum atomic E-state index is -3.95. The normalized spacial score (nSPS) is 11.1. The van der Waals surface area contributed by atoms with Gasteiger partial charge in [-0.1, -0.05) is 11.6 Å². The molecule has 0 spiro atoms. The molecule has 26 heavy (non-hydrogen) atoms. The highest BCUT2D eigenvalue weighted by Gasteiger charge is 2.21. The van der Waals surface area contributed by atoms with Crippen LogP contribution < -0.4 is 9.46 Å². The van der Waals surface area contributed by atoms with Crippen molar-refractivity contribution < 1.29 is 17.9 Å². The maximum absolute atomic E-state index is 12.7. The average molecular weight is 397 g/mol. The summed E-state index contributed by atoms with van der Waals surface area (Å²) in [5.41, 5.74) is 0.623. The van der Waals surface area contributed by atoms with Crippen LogP contribution in [0.25, 0.3) is 0 Å². The van der Waals surface area contributed by atoms with Crippen LogP contribution >= 0.6 is 11.6 Å². The van der Waals surface area contributed by atoms with E-state index in [0.29, 0.717) is 24.6 Å². The highest BCUT2D eigenvalue weighted by Crippen LogP contribution is 2.26. The smallest absolute Gasteiger partial charge is 0.263 e. The second-order valence-corrected chi connectivity index (χ2v) is 7.59. The third kappa shape index (κ3) is 4.68. The van der Waals surface area contributed by atoms with Crippen molar-refractivity contribution in [3.63, 3.8) is 0 Å². The lowest BCUT2D eigenvalue weighted by molar-refractivity contribution is 0.0802. The summed E-state index contributed by atoms with van der Waals surface area (Å²) >= 11 is 6.07. The Morgan fingerprint density at radius 2 is 1.81 bits per heavy atom. The third-order valence-electron chi connectivity index (χ3n) is 3.71. The number of halogens is 1. The van der Waals surface area contributed by atoms with Gasteiger partial charge in [-0.15, -0.1) is 0 Å². The van der Waals surface area contributed by atoms with Gasteiger partial charge >= 0.3 is 0 Å². The summed E-state index contributed by atoms with van der Waals surface area (Å²) in [5, 5.41) is 0.0409. The van der Waals surface area contributed by atoms with E-state index in [1.54, 1.807) is 31.3 Å². The number of benzene rings is 2. The summed E-state index contributed by atoms with van der Waals surface area (Å²) in [6, 6.07) is 10.7. The van der Waals surface area contributed by atoms with Gasteiger partial charge in [0.05, 0.1) is 11.6 Å². The first kappa shape index (κ1) is 20.1. The molecule has 0 aliphatic heterocycles. The zero-order valence-electron chi connectivity index (χ0n) is 14.8. The van der Waals surface area contributed by atoms with Gasteiger partial charge in [0.2, 0.25) is 0 Å². The molecule has 2 aromatic rings. The van der Waals surface area contributed by atoms with Crippen LogP contribution in [-0.2, 0) is 10.0 Å². The van der Waals surface area contributed by atoms with Crippen LogP contribution in [0.2, 0.25) is 5.02 Å². The van der Waals surface area contributed by atoms with Crippen LogP contribution in [0.15, 0.2) is 47.4 Å². The van der Waals surface area contributed by atoms with Gasteiger partial charge in [-0.3, -0.25) is 9.52 Å². The third-order valence-corrected chi connectivity index (χ3v) is 5.57. The maximum Gasteiger partial charge on any atom is 0.263 e. The Bertz CT molecular complexity index is 883. The molecule has 0 aliphatic rings. The Morgan fingerprint density at radius 3 is 2.38 bits per heavy atom. The quantitative estimate of drug-likeness (QED) is 0.775. The van der Waals surface area contributed by atoms with Crippen LogP contribution in [0.5, 0.6) is 5.75 Å². The van der Waals surface area contributed by atoms with Crippen LogP contribution in [0.3, 0.4) is 0 Å². The Morgan fingerprint density at radius 1 is 1.15 bits per heavy atom. The summed E-state index contributed by atoms with van der Waals surface area (Å²) in [5.74, 6) is 0.366. The van der Waals surface area contributed by atoms with Gasteiger partial charge in [0.25, 0.3) is 15.9 Å². The number of rotatable bonds is 7. The van der Waals surface area contributed by atoms with E-state index in [1.165, 1.54) is 23.1 Å². The summed E-state index contributed by atoms with van der Waals surface area (Å²) in [6.07, 6.45) is 0. The number of carbonyl (C=O) groups excluding carboxylic acids is 1. The molecule has 0 aliphatic carbocycles. The first-order valence-corrected chi connectivity index (χ1v) is 9.95. The van der Waals surface area contributed by atoms with E-state index in [0.717, 1.165) is 0 Å². The number of anilines is 1. The van der Waals surface area contributed by atoms with E-state index in [9.17, 15) is 13.2 Å². The minimum absolute atomic E-state index is 0.0409. The number of hydrogen-bond acceptors (Lipinski definition) is 4. The van der Waals surface area contributed by atoms with E-state index in [-0.39, 0.29) is 21.4 Å². The topological polar surface area (TPSA) is 75.7 Å². The molecule has 0 atom stereocenters. The number of amides is 1. The van der Waals surface area contributed by atoms with E-state index >= 15 is 0 Å². The molecule has 1 amide bonds. The summed E-state index contributed by atoms with van der Waals surface area (Å²) in [4.78, 5) is 13.6. The van der Waals surface area contributed by atoms with Gasteiger partial charge < -0.3 is 9.64 Å². The lowest BCUT2D eigenvalue weighted by Gasteiger charge is -2.16. The van der Waals surface area contributed by atoms with Gasteiger partial charge in [0.1, 0.15) is 10.6 Å². The molecule has 0 saturated carbocycles. The molecule has 140 valence electrons. The van der Waals surface area contributed by atoms with E-state index < -0.39 is 10.0 Å². The van der Waals surface area contributed by atoms with Crippen molar-refractivity contribution >= 4 is 33.2 Å². The fourth-order valence-corrected chi connectivity index (χ4v) is 3.79. The van der Waals surface area contributed by atoms with Crippen molar-refractivity contribution in [1.82, 2.24) is 4.90 Å². The van der Waals surface area contributed by atoms with Gasteiger partial charge in [-0.05, 0) is 56.3 Å².